The number of carbonyl (C=O) groups is 3. The van der Waals surface area contributed by atoms with Gasteiger partial charge in [-0.2, -0.15) is 0 Å². The third-order valence-corrected chi connectivity index (χ3v) is 12.0. The zero-order chi connectivity index (χ0) is 47.2. The number of hydrogen-bond acceptors (Lipinski definition) is 6. The van der Waals surface area contributed by atoms with Crippen LogP contribution in [0.25, 0.3) is 0 Å². The summed E-state index contributed by atoms with van der Waals surface area (Å²) in [5.41, 5.74) is 0. The summed E-state index contributed by atoms with van der Waals surface area (Å²) in [4.78, 5) is 38.0. The molecule has 65 heavy (non-hydrogen) atoms. The second-order valence-corrected chi connectivity index (χ2v) is 18.5. The third-order valence-electron chi connectivity index (χ3n) is 12.0. The maximum atomic E-state index is 12.8. The van der Waals surface area contributed by atoms with E-state index >= 15 is 0 Å². The number of rotatable bonds is 50. The van der Waals surface area contributed by atoms with Crippen LogP contribution in [0.15, 0.2) is 60.8 Å². The van der Waals surface area contributed by atoms with Crippen molar-refractivity contribution in [2.45, 2.75) is 284 Å². The molecule has 0 N–H and O–H groups in total. The van der Waals surface area contributed by atoms with Gasteiger partial charge in [0.1, 0.15) is 13.2 Å². The zero-order valence-corrected chi connectivity index (χ0v) is 43.0. The molecule has 376 valence electrons. The lowest BCUT2D eigenvalue weighted by Crippen LogP contribution is -2.30. The standard InChI is InChI=1S/C59H104O6/c1-4-7-10-13-16-19-22-25-27-28-29-30-31-32-33-35-37-40-43-46-49-52-58(61)64-55-56(54-63-57(60)51-48-45-42-39-36-24-21-18-15-12-9-6-3)65-59(62)53-50-47-44-41-38-34-26-23-20-17-14-11-8-5-2/h18,21-23,25-26,28-29,31-32,56H,4-17,19-20,24,27,30,33-55H2,1-3H3/b21-18-,25-22-,26-23-,29-28-,32-31-. The van der Waals surface area contributed by atoms with Crippen molar-refractivity contribution in [2.24, 2.45) is 0 Å². The first-order valence-corrected chi connectivity index (χ1v) is 27.8. The Morgan fingerprint density at radius 2 is 0.554 bits per heavy atom. The predicted molar refractivity (Wildman–Crippen MR) is 279 cm³/mol. The molecule has 1 atom stereocenters. The molecule has 6 nitrogen and oxygen atoms in total. The van der Waals surface area contributed by atoms with E-state index in [1.54, 1.807) is 0 Å². The molecular formula is C59H104O6. The molecule has 0 aromatic carbocycles. The van der Waals surface area contributed by atoms with Gasteiger partial charge in [-0.25, -0.2) is 0 Å². The van der Waals surface area contributed by atoms with Gasteiger partial charge in [0.25, 0.3) is 0 Å². The van der Waals surface area contributed by atoms with Crippen LogP contribution < -0.4 is 0 Å². The summed E-state index contributed by atoms with van der Waals surface area (Å²) in [5.74, 6) is -0.909. The van der Waals surface area contributed by atoms with E-state index in [0.29, 0.717) is 19.3 Å². The summed E-state index contributed by atoms with van der Waals surface area (Å²) in [6.45, 7) is 6.58. The molecule has 0 aromatic heterocycles. The molecule has 0 rings (SSSR count). The number of unbranched alkanes of at least 4 members (excludes halogenated alkanes) is 29. The van der Waals surface area contributed by atoms with E-state index in [1.807, 2.05) is 0 Å². The molecule has 0 amide bonds. The van der Waals surface area contributed by atoms with Crippen LogP contribution in [0.4, 0.5) is 0 Å². The average molecular weight is 909 g/mol. The Kier molecular flexibility index (Phi) is 51.3. The summed E-state index contributed by atoms with van der Waals surface area (Å²) in [5, 5.41) is 0. The number of ether oxygens (including phenoxy) is 3. The smallest absolute Gasteiger partial charge is 0.306 e. The molecule has 0 saturated carbocycles. The Balaban J connectivity index is 4.37. The molecule has 0 heterocycles. The van der Waals surface area contributed by atoms with Gasteiger partial charge in [-0.15, -0.1) is 0 Å². The third kappa shape index (κ3) is 51.9. The summed E-state index contributed by atoms with van der Waals surface area (Å²) in [6, 6.07) is 0. The summed E-state index contributed by atoms with van der Waals surface area (Å²) in [6.07, 6.45) is 66.3. The lowest BCUT2D eigenvalue weighted by atomic mass is 10.1. The number of hydrogen-bond donors (Lipinski definition) is 0. The molecule has 0 bridgehead atoms. The second-order valence-electron chi connectivity index (χ2n) is 18.5. The molecule has 0 aliphatic rings. The number of carbonyl (C=O) groups excluding carboxylic acids is 3. The molecule has 0 aliphatic carbocycles. The highest BCUT2D eigenvalue weighted by Gasteiger charge is 2.19. The Morgan fingerprint density at radius 3 is 0.908 bits per heavy atom. The van der Waals surface area contributed by atoms with Crippen LogP contribution in [0.3, 0.4) is 0 Å². The van der Waals surface area contributed by atoms with Gasteiger partial charge >= 0.3 is 17.9 Å². The normalized spacial score (nSPS) is 12.5. The van der Waals surface area contributed by atoms with Crippen molar-refractivity contribution in [1.29, 1.82) is 0 Å². The van der Waals surface area contributed by atoms with Crippen LogP contribution in [0.2, 0.25) is 0 Å². The summed E-state index contributed by atoms with van der Waals surface area (Å²) >= 11 is 0. The van der Waals surface area contributed by atoms with Gasteiger partial charge in [0.05, 0.1) is 0 Å². The lowest BCUT2D eigenvalue weighted by Gasteiger charge is -2.18. The van der Waals surface area contributed by atoms with Crippen LogP contribution in [0.1, 0.15) is 278 Å². The van der Waals surface area contributed by atoms with Gasteiger partial charge in [-0.3, -0.25) is 14.4 Å². The molecule has 6 heteroatoms. The minimum absolute atomic E-state index is 0.0858. The molecule has 0 aromatic rings. The first kappa shape index (κ1) is 62.1. The topological polar surface area (TPSA) is 78.9 Å². The van der Waals surface area contributed by atoms with E-state index in [9.17, 15) is 14.4 Å². The minimum atomic E-state index is -0.786. The van der Waals surface area contributed by atoms with Gasteiger partial charge in [-0.1, -0.05) is 210 Å². The van der Waals surface area contributed by atoms with Crippen molar-refractivity contribution in [2.75, 3.05) is 13.2 Å². The summed E-state index contributed by atoms with van der Waals surface area (Å²) in [7, 11) is 0. The first-order valence-electron chi connectivity index (χ1n) is 27.8. The van der Waals surface area contributed by atoms with Gasteiger partial charge in [0, 0.05) is 19.3 Å². The minimum Gasteiger partial charge on any atom is -0.462 e. The van der Waals surface area contributed by atoms with E-state index in [4.69, 9.17) is 14.2 Å². The van der Waals surface area contributed by atoms with Crippen LogP contribution in [-0.4, -0.2) is 37.2 Å². The van der Waals surface area contributed by atoms with Gasteiger partial charge < -0.3 is 14.2 Å². The average Bonchev–Trinajstić information content (AvgIpc) is 3.30. The summed E-state index contributed by atoms with van der Waals surface area (Å²) < 4.78 is 16.8. The molecule has 0 aliphatic heterocycles. The van der Waals surface area contributed by atoms with Crippen molar-refractivity contribution in [3.8, 4) is 0 Å². The predicted octanol–water partition coefficient (Wildman–Crippen LogP) is 18.4. The number of esters is 3. The van der Waals surface area contributed by atoms with Gasteiger partial charge in [-0.05, 0) is 109 Å². The lowest BCUT2D eigenvalue weighted by molar-refractivity contribution is -0.167. The molecule has 1 unspecified atom stereocenters. The van der Waals surface area contributed by atoms with Crippen LogP contribution in [-0.2, 0) is 28.6 Å². The van der Waals surface area contributed by atoms with Crippen molar-refractivity contribution in [3.63, 3.8) is 0 Å². The van der Waals surface area contributed by atoms with E-state index in [-0.39, 0.29) is 31.1 Å². The quantitative estimate of drug-likeness (QED) is 0.0262. The van der Waals surface area contributed by atoms with E-state index in [0.717, 1.165) is 96.3 Å². The van der Waals surface area contributed by atoms with E-state index in [1.165, 1.54) is 141 Å². The van der Waals surface area contributed by atoms with E-state index < -0.39 is 6.10 Å². The van der Waals surface area contributed by atoms with Crippen LogP contribution >= 0.6 is 0 Å². The molecule has 0 saturated heterocycles. The highest BCUT2D eigenvalue weighted by molar-refractivity contribution is 5.71. The van der Waals surface area contributed by atoms with Gasteiger partial charge in [0.2, 0.25) is 0 Å². The number of allylic oxidation sites excluding steroid dienone is 10. The largest absolute Gasteiger partial charge is 0.462 e. The van der Waals surface area contributed by atoms with Gasteiger partial charge in [0.15, 0.2) is 6.10 Å². The Bertz CT molecular complexity index is 1180. The fourth-order valence-corrected chi connectivity index (χ4v) is 7.73. The first-order chi connectivity index (χ1) is 32.0. The SMILES string of the molecule is CCCCC/C=C\CCCCCCCC(=O)OCC(COC(=O)CCCCCCCC/C=C\C/C=C\C/C=C\CCCCCCC)OC(=O)CCCCCCC/C=C\CCCCCCC. The second kappa shape index (κ2) is 53.7. The highest BCUT2D eigenvalue weighted by atomic mass is 16.6. The van der Waals surface area contributed by atoms with Crippen LogP contribution in [0, 0.1) is 0 Å². The zero-order valence-electron chi connectivity index (χ0n) is 43.0. The fourth-order valence-electron chi connectivity index (χ4n) is 7.73. The molecule has 0 fully saturated rings. The van der Waals surface area contributed by atoms with E-state index in [2.05, 4.69) is 81.5 Å². The molecule has 0 radical (unpaired) electrons. The van der Waals surface area contributed by atoms with Crippen molar-refractivity contribution < 1.29 is 28.6 Å². The van der Waals surface area contributed by atoms with Crippen molar-refractivity contribution >= 4 is 17.9 Å². The fraction of sp³-hybridized carbons (Fsp3) is 0.780. The Hall–Kier alpha value is -2.89. The Morgan fingerprint density at radius 1 is 0.308 bits per heavy atom. The van der Waals surface area contributed by atoms with Crippen molar-refractivity contribution in [1.82, 2.24) is 0 Å². The maximum absolute atomic E-state index is 12.8. The maximum Gasteiger partial charge on any atom is 0.306 e. The highest BCUT2D eigenvalue weighted by Crippen LogP contribution is 2.14. The Labute approximate surface area is 402 Å². The monoisotopic (exact) mass is 909 g/mol. The van der Waals surface area contributed by atoms with Crippen LogP contribution in [0.5, 0.6) is 0 Å². The van der Waals surface area contributed by atoms with Crippen molar-refractivity contribution in [3.05, 3.63) is 60.8 Å². The molecule has 0 spiro atoms. The molecular weight excluding hydrogens is 805 g/mol.